The molecule has 118 valence electrons. The molecule has 2 nitrogen and oxygen atoms in total. The average Bonchev–Trinajstić information content (AvgIpc) is 2.45. The highest BCUT2D eigenvalue weighted by atomic mass is 16.5. The van der Waals surface area contributed by atoms with Gasteiger partial charge in [0.1, 0.15) is 0 Å². The minimum atomic E-state index is -0.0174. The monoisotopic (exact) mass is 289 g/mol. The molecule has 0 aliphatic heterocycles. The van der Waals surface area contributed by atoms with Gasteiger partial charge in [0.15, 0.2) is 0 Å². The van der Waals surface area contributed by atoms with Gasteiger partial charge in [-0.05, 0) is 48.6 Å². The second-order valence-corrected chi connectivity index (χ2v) is 7.16. The Hall–Kier alpha value is -0.860. The first kappa shape index (κ1) is 16.5. The third-order valence-corrected chi connectivity index (χ3v) is 5.04. The van der Waals surface area contributed by atoms with Gasteiger partial charge in [-0.1, -0.05) is 51.5 Å². The molecule has 1 saturated carbocycles. The van der Waals surface area contributed by atoms with Crippen LogP contribution in [0.1, 0.15) is 57.2 Å². The molecule has 2 N–H and O–H groups in total. The van der Waals surface area contributed by atoms with Crippen molar-refractivity contribution in [3.63, 3.8) is 0 Å². The summed E-state index contributed by atoms with van der Waals surface area (Å²) in [7, 11) is 0. The molecule has 1 aliphatic rings. The minimum Gasteiger partial charge on any atom is -0.376 e. The van der Waals surface area contributed by atoms with Gasteiger partial charge in [-0.15, -0.1) is 0 Å². The minimum absolute atomic E-state index is 0.0174. The highest BCUT2D eigenvalue weighted by molar-refractivity contribution is 5.28. The lowest BCUT2D eigenvalue weighted by Crippen LogP contribution is -2.36. The van der Waals surface area contributed by atoms with E-state index >= 15 is 0 Å². The zero-order chi connectivity index (χ0) is 15.4. The molecule has 4 unspecified atom stereocenters. The van der Waals surface area contributed by atoms with E-state index in [1.165, 1.54) is 30.4 Å². The second kappa shape index (κ2) is 7.42. The lowest BCUT2D eigenvalue weighted by Gasteiger charge is -2.37. The largest absolute Gasteiger partial charge is 0.376 e. The fourth-order valence-corrected chi connectivity index (χ4v) is 3.63. The molecule has 1 fully saturated rings. The van der Waals surface area contributed by atoms with E-state index in [0.717, 1.165) is 5.92 Å². The van der Waals surface area contributed by atoms with Crippen LogP contribution in [0.5, 0.6) is 0 Å². The van der Waals surface area contributed by atoms with Crippen LogP contribution in [0.25, 0.3) is 0 Å². The predicted molar refractivity (Wildman–Crippen MR) is 89.2 cm³/mol. The average molecular weight is 289 g/mol. The van der Waals surface area contributed by atoms with Crippen LogP contribution in [-0.4, -0.2) is 12.7 Å². The van der Waals surface area contributed by atoms with E-state index in [1.807, 2.05) is 0 Å². The molecule has 0 spiro atoms. The van der Waals surface area contributed by atoms with E-state index in [4.69, 9.17) is 10.5 Å². The first-order valence-corrected chi connectivity index (χ1v) is 8.41. The van der Waals surface area contributed by atoms with Crippen LogP contribution in [-0.2, 0) is 4.74 Å². The number of hydrogen-bond donors (Lipinski definition) is 1. The topological polar surface area (TPSA) is 35.2 Å². The van der Waals surface area contributed by atoms with Gasteiger partial charge < -0.3 is 10.5 Å². The quantitative estimate of drug-likeness (QED) is 0.868. The molecule has 21 heavy (non-hydrogen) atoms. The summed E-state index contributed by atoms with van der Waals surface area (Å²) in [6.07, 6.45) is 4.20. The molecule has 2 rings (SSSR count). The van der Waals surface area contributed by atoms with Gasteiger partial charge in [0, 0.05) is 0 Å². The van der Waals surface area contributed by atoms with E-state index in [9.17, 15) is 0 Å². The Labute approximate surface area is 130 Å². The van der Waals surface area contributed by atoms with Crippen molar-refractivity contribution in [3.8, 4) is 0 Å². The lowest BCUT2D eigenvalue weighted by molar-refractivity contribution is -0.0432. The smallest absolute Gasteiger partial charge is 0.0663 e. The summed E-state index contributed by atoms with van der Waals surface area (Å²) in [6.45, 7) is 9.73. The standard InChI is InChI=1S/C19H31NO/c1-13(2)16-10-9-14(3)11-19(16)21-12-18(20)17-8-6-5-7-15(17)4/h5-8,13-14,16,18-19H,9-12,20H2,1-4H3. The molecule has 4 atom stereocenters. The Morgan fingerprint density at radius 2 is 1.95 bits per heavy atom. The number of benzene rings is 1. The molecular weight excluding hydrogens is 258 g/mol. The Kier molecular flexibility index (Phi) is 5.83. The lowest BCUT2D eigenvalue weighted by atomic mass is 9.75. The molecule has 2 heteroatoms. The molecular formula is C19H31NO. The molecule has 0 saturated heterocycles. The fraction of sp³-hybridized carbons (Fsp3) is 0.684. The zero-order valence-corrected chi connectivity index (χ0v) is 14.0. The van der Waals surface area contributed by atoms with Crippen molar-refractivity contribution in [2.75, 3.05) is 6.61 Å². The van der Waals surface area contributed by atoms with Gasteiger partial charge in [-0.3, -0.25) is 0 Å². The number of ether oxygens (including phenoxy) is 1. The Bertz CT molecular complexity index is 443. The van der Waals surface area contributed by atoms with E-state index in [2.05, 4.69) is 52.0 Å². The predicted octanol–water partition coefficient (Wildman–Crippen LogP) is 4.47. The summed E-state index contributed by atoms with van der Waals surface area (Å²) >= 11 is 0. The summed E-state index contributed by atoms with van der Waals surface area (Å²) in [5.74, 6) is 2.15. The molecule has 1 aliphatic carbocycles. The molecule has 0 amide bonds. The van der Waals surface area contributed by atoms with Crippen LogP contribution < -0.4 is 5.73 Å². The van der Waals surface area contributed by atoms with Crippen molar-refractivity contribution in [1.29, 1.82) is 0 Å². The third-order valence-electron chi connectivity index (χ3n) is 5.04. The summed E-state index contributed by atoms with van der Waals surface area (Å²) in [5.41, 5.74) is 8.81. The van der Waals surface area contributed by atoms with Crippen LogP contribution in [0.15, 0.2) is 24.3 Å². The first-order valence-electron chi connectivity index (χ1n) is 8.41. The highest BCUT2D eigenvalue weighted by Crippen LogP contribution is 2.35. The molecule has 0 radical (unpaired) electrons. The Morgan fingerprint density at radius 1 is 1.24 bits per heavy atom. The molecule has 0 aromatic heterocycles. The summed E-state index contributed by atoms with van der Waals surface area (Å²) in [5, 5.41) is 0. The zero-order valence-electron chi connectivity index (χ0n) is 14.0. The van der Waals surface area contributed by atoms with Crippen LogP contribution in [0.2, 0.25) is 0 Å². The number of nitrogens with two attached hydrogens (primary N) is 1. The van der Waals surface area contributed by atoms with E-state index in [-0.39, 0.29) is 6.04 Å². The third kappa shape index (κ3) is 4.31. The Balaban J connectivity index is 1.95. The van der Waals surface area contributed by atoms with E-state index in [1.54, 1.807) is 0 Å². The SMILES string of the molecule is Cc1ccccc1C(N)COC1CC(C)CCC1C(C)C. The number of hydrogen-bond acceptors (Lipinski definition) is 2. The van der Waals surface area contributed by atoms with Gasteiger partial charge in [-0.25, -0.2) is 0 Å². The maximum atomic E-state index is 6.34. The van der Waals surface area contributed by atoms with Gasteiger partial charge in [0.2, 0.25) is 0 Å². The maximum absolute atomic E-state index is 6.34. The summed E-state index contributed by atoms with van der Waals surface area (Å²) < 4.78 is 6.27. The molecule has 1 aromatic carbocycles. The normalized spacial score (nSPS) is 27.8. The molecule has 1 aromatic rings. The van der Waals surface area contributed by atoms with Gasteiger partial charge in [0.05, 0.1) is 18.8 Å². The van der Waals surface area contributed by atoms with E-state index in [0.29, 0.717) is 24.5 Å². The van der Waals surface area contributed by atoms with Gasteiger partial charge in [-0.2, -0.15) is 0 Å². The van der Waals surface area contributed by atoms with Crippen molar-refractivity contribution in [1.82, 2.24) is 0 Å². The van der Waals surface area contributed by atoms with Crippen molar-refractivity contribution < 1.29 is 4.74 Å². The van der Waals surface area contributed by atoms with Crippen molar-refractivity contribution >= 4 is 0 Å². The molecule has 0 heterocycles. The Morgan fingerprint density at radius 3 is 2.62 bits per heavy atom. The summed E-state index contributed by atoms with van der Waals surface area (Å²) in [6, 6.07) is 8.34. The van der Waals surface area contributed by atoms with Crippen molar-refractivity contribution in [2.24, 2.45) is 23.5 Å². The number of rotatable bonds is 5. The highest BCUT2D eigenvalue weighted by Gasteiger charge is 2.31. The van der Waals surface area contributed by atoms with Crippen LogP contribution in [0, 0.1) is 24.7 Å². The van der Waals surface area contributed by atoms with Gasteiger partial charge in [0.25, 0.3) is 0 Å². The fourth-order valence-electron chi connectivity index (χ4n) is 3.63. The van der Waals surface area contributed by atoms with E-state index < -0.39 is 0 Å². The van der Waals surface area contributed by atoms with Crippen LogP contribution >= 0.6 is 0 Å². The van der Waals surface area contributed by atoms with Crippen molar-refractivity contribution in [2.45, 2.75) is 59.1 Å². The van der Waals surface area contributed by atoms with Crippen LogP contribution in [0.3, 0.4) is 0 Å². The second-order valence-electron chi connectivity index (χ2n) is 7.16. The summed E-state index contributed by atoms with van der Waals surface area (Å²) in [4.78, 5) is 0. The molecule has 0 bridgehead atoms. The first-order chi connectivity index (χ1) is 9.99. The van der Waals surface area contributed by atoms with Crippen LogP contribution in [0.4, 0.5) is 0 Å². The van der Waals surface area contributed by atoms with Gasteiger partial charge >= 0.3 is 0 Å². The number of aryl methyl sites for hydroxylation is 1. The maximum Gasteiger partial charge on any atom is 0.0663 e. The van der Waals surface area contributed by atoms with Crippen molar-refractivity contribution in [3.05, 3.63) is 35.4 Å².